The number of rotatable bonds is 4. The van der Waals surface area contributed by atoms with E-state index in [1.165, 1.54) is 10.5 Å². The standard InChI is InChI=1S/C21H21BrClN3O2/c22-16-3-7-18(8-4-16)26-20(27)13-19(21(26)28)25-11-9-24(10-12-25)14-15-1-5-17(23)6-2-15/h1-8,19H,9-14H2/t19-/m1/s1. The van der Waals surface area contributed by atoms with Crippen molar-refractivity contribution in [1.82, 2.24) is 9.80 Å². The molecule has 146 valence electrons. The summed E-state index contributed by atoms with van der Waals surface area (Å²) in [5.41, 5.74) is 1.87. The third kappa shape index (κ3) is 4.15. The molecule has 0 saturated carbocycles. The van der Waals surface area contributed by atoms with E-state index in [-0.39, 0.29) is 24.3 Å². The fourth-order valence-electron chi connectivity index (χ4n) is 3.84. The highest BCUT2D eigenvalue weighted by atomic mass is 79.9. The molecule has 0 unspecified atom stereocenters. The summed E-state index contributed by atoms with van der Waals surface area (Å²) in [5, 5.41) is 0.744. The van der Waals surface area contributed by atoms with Gasteiger partial charge in [-0.3, -0.25) is 19.4 Å². The number of carbonyl (C=O) groups excluding carboxylic acids is 2. The third-order valence-electron chi connectivity index (χ3n) is 5.37. The number of hydrogen-bond donors (Lipinski definition) is 0. The van der Waals surface area contributed by atoms with Gasteiger partial charge in [-0.25, -0.2) is 4.90 Å². The van der Waals surface area contributed by atoms with Crippen LogP contribution in [0.1, 0.15) is 12.0 Å². The van der Waals surface area contributed by atoms with Gasteiger partial charge < -0.3 is 0 Å². The molecule has 2 aliphatic heterocycles. The molecule has 2 saturated heterocycles. The lowest BCUT2D eigenvalue weighted by Crippen LogP contribution is -2.52. The van der Waals surface area contributed by atoms with E-state index in [1.807, 2.05) is 36.4 Å². The number of carbonyl (C=O) groups is 2. The van der Waals surface area contributed by atoms with E-state index >= 15 is 0 Å². The molecule has 0 spiro atoms. The highest BCUT2D eigenvalue weighted by Crippen LogP contribution is 2.27. The Hall–Kier alpha value is -1.73. The zero-order valence-corrected chi connectivity index (χ0v) is 17.7. The predicted molar refractivity (Wildman–Crippen MR) is 113 cm³/mol. The molecule has 2 aliphatic rings. The maximum atomic E-state index is 12.9. The molecule has 2 amide bonds. The molecular formula is C21H21BrClN3O2. The summed E-state index contributed by atoms with van der Waals surface area (Å²) in [6, 6.07) is 14.8. The Balaban J connectivity index is 1.37. The van der Waals surface area contributed by atoms with Gasteiger partial charge in [0.25, 0.3) is 5.91 Å². The van der Waals surface area contributed by atoms with Crippen LogP contribution in [0.3, 0.4) is 0 Å². The molecule has 1 atom stereocenters. The molecule has 2 fully saturated rings. The first-order chi connectivity index (χ1) is 13.5. The smallest absolute Gasteiger partial charge is 0.251 e. The number of nitrogens with zero attached hydrogens (tertiary/aromatic N) is 3. The summed E-state index contributed by atoms with van der Waals surface area (Å²) in [6.45, 7) is 4.18. The van der Waals surface area contributed by atoms with Gasteiger partial charge in [-0.1, -0.05) is 39.7 Å². The van der Waals surface area contributed by atoms with E-state index in [0.717, 1.165) is 42.2 Å². The summed E-state index contributed by atoms with van der Waals surface area (Å²) in [6.07, 6.45) is 0.256. The third-order valence-corrected chi connectivity index (χ3v) is 6.16. The Morgan fingerprint density at radius 2 is 1.57 bits per heavy atom. The van der Waals surface area contributed by atoms with Crippen LogP contribution in [0.4, 0.5) is 5.69 Å². The number of halogens is 2. The van der Waals surface area contributed by atoms with Crippen LogP contribution in [-0.2, 0) is 16.1 Å². The van der Waals surface area contributed by atoms with Gasteiger partial charge in [-0.2, -0.15) is 0 Å². The van der Waals surface area contributed by atoms with Gasteiger partial charge in [0.05, 0.1) is 18.2 Å². The van der Waals surface area contributed by atoms with Gasteiger partial charge in [0.2, 0.25) is 5.91 Å². The lowest BCUT2D eigenvalue weighted by Gasteiger charge is -2.37. The van der Waals surface area contributed by atoms with Gasteiger partial charge in [0, 0.05) is 42.2 Å². The van der Waals surface area contributed by atoms with Crippen molar-refractivity contribution in [2.75, 3.05) is 31.1 Å². The lowest BCUT2D eigenvalue weighted by molar-refractivity contribution is -0.123. The first kappa shape index (κ1) is 19.6. The molecule has 0 aromatic heterocycles. The predicted octanol–water partition coefficient (Wildman–Crippen LogP) is 3.55. The van der Waals surface area contributed by atoms with Gasteiger partial charge in [0.15, 0.2) is 0 Å². The van der Waals surface area contributed by atoms with Crippen LogP contribution < -0.4 is 4.90 Å². The molecular weight excluding hydrogens is 442 g/mol. The van der Waals surface area contributed by atoms with Crippen molar-refractivity contribution in [3.05, 3.63) is 63.6 Å². The van der Waals surface area contributed by atoms with Crippen LogP contribution in [0.15, 0.2) is 53.0 Å². The first-order valence-electron chi connectivity index (χ1n) is 9.34. The van der Waals surface area contributed by atoms with E-state index in [4.69, 9.17) is 11.6 Å². The fraction of sp³-hybridized carbons (Fsp3) is 0.333. The van der Waals surface area contributed by atoms with E-state index in [0.29, 0.717) is 5.69 Å². The molecule has 0 N–H and O–H groups in total. The summed E-state index contributed by atoms with van der Waals surface area (Å²) >= 11 is 9.33. The second-order valence-electron chi connectivity index (χ2n) is 7.20. The zero-order valence-electron chi connectivity index (χ0n) is 15.4. The number of benzene rings is 2. The van der Waals surface area contributed by atoms with Crippen LogP contribution in [0.5, 0.6) is 0 Å². The quantitative estimate of drug-likeness (QED) is 0.652. The van der Waals surface area contributed by atoms with E-state index in [9.17, 15) is 9.59 Å². The van der Waals surface area contributed by atoms with Crippen LogP contribution in [0.2, 0.25) is 5.02 Å². The van der Waals surface area contributed by atoms with E-state index < -0.39 is 0 Å². The molecule has 28 heavy (non-hydrogen) atoms. The Bertz CT molecular complexity index is 864. The van der Waals surface area contributed by atoms with Crippen LogP contribution in [-0.4, -0.2) is 53.8 Å². The van der Waals surface area contributed by atoms with Crippen molar-refractivity contribution in [2.24, 2.45) is 0 Å². The second kappa shape index (κ2) is 8.33. The van der Waals surface area contributed by atoms with Crippen LogP contribution in [0, 0.1) is 0 Å². The minimum absolute atomic E-state index is 0.113. The Morgan fingerprint density at radius 3 is 2.21 bits per heavy atom. The van der Waals surface area contributed by atoms with Crippen molar-refractivity contribution in [3.63, 3.8) is 0 Å². The van der Waals surface area contributed by atoms with Crippen LogP contribution in [0.25, 0.3) is 0 Å². The van der Waals surface area contributed by atoms with Gasteiger partial charge in [0.1, 0.15) is 0 Å². The van der Waals surface area contributed by atoms with Gasteiger partial charge >= 0.3 is 0 Å². The van der Waals surface area contributed by atoms with Crippen molar-refractivity contribution in [2.45, 2.75) is 19.0 Å². The summed E-state index contributed by atoms with van der Waals surface area (Å²) in [4.78, 5) is 31.3. The highest BCUT2D eigenvalue weighted by Gasteiger charge is 2.43. The zero-order chi connectivity index (χ0) is 19.7. The Labute approximate surface area is 178 Å². The monoisotopic (exact) mass is 461 g/mol. The first-order valence-corrected chi connectivity index (χ1v) is 10.5. The lowest BCUT2D eigenvalue weighted by atomic mass is 10.1. The topological polar surface area (TPSA) is 43.9 Å². The molecule has 4 rings (SSSR count). The van der Waals surface area contributed by atoms with Crippen molar-refractivity contribution >= 4 is 45.0 Å². The Morgan fingerprint density at radius 1 is 0.929 bits per heavy atom. The van der Waals surface area contributed by atoms with E-state index in [2.05, 4.69) is 25.7 Å². The number of amides is 2. The molecule has 7 heteroatoms. The van der Waals surface area contributed by atoms with E-state index in [1.54, 1.807) is 12.1 Å². The summed E-state index contributed by atoms with van der Waals surface area (Å²) in [7, 11) is 0. The molecule has 2 heterocycles. The van der Waals surface area contributed by atoms with Crippen molar-refractivity contribution in [1.29, 1.82) is 0 Å². The minimum atomic E-state index is -0.353. The average molecular weight is 463 g/mol. The molecule has 2 aromatic carbocycles. The van der Waals surface area contributed by atoms with Crippen molar-refractivity contribution in [3.8, 4) is 0 Å². The molecule has 0 bridgehead atoms. The number of anilines is 1. The summed E-state index contributed by atoms with van der Waals surface area (Å²) in [5.74, 6) is -0.237. The van der Waals surface area contributed by atoms with Crippen LogP contribution >= 0.6 is 27.5 Å². The molecule has 5 nitrogen and oxygen atoms in total. The maximum Gasteiger partial charge on any atom is 0.251 e. The average Bonchev–Trinajstić information content (AvgIpc) is 2.99. The summed E-state index contributed by atoms with van der Waals surface area (Å²) < 4.78 is 0.920. The maximum absolute atomic E-state index is 12.9. The Kier molecular flexibility index (Phi) is 5.83. The number of imide groups is 1. The molecule has 2 aromatic rings. The molecule has 0 aliphatic carbocycles. The number of hydrogen-bond acceptors (Lipinski definition) is 4. The largest absolute Gasteiger partial charge is 0.297 e. The number of piperazine rings is 1. The fourth-order valence-corrected chi connectivity index (χ4v) is 4.23. The van der Waals surface area contributed by atoms with Gasteiger partial charge in [-0.05, 0) is 42.0 Å². The van der Waals surface area contributed by atoms with Crippen molar-refractivity contribution < 1.29 is 9.59 Å². The minimum Gasteiger partial charge on any atom is -0.297 e. The second-order valence-corrected chi connectivity index (χ2v) is 8.55. The highest BCUT2D eigenvalue weighted by molar-refractivity contribution is 9.10. The molecule has 0 radical (unpaired) electrons. The van der Waals surface area contributed by atoms with Gasteiger partial charge in [-0.15, -0.1) is 0 Å². The SMILES string of the molecule is O=C1C[C@@H](N2CCN(Cc3ccc(Cl)cc3)CC2)C(=O)N1c1ccc(Br)cc1. The normalized spacial score (nSPS) is 21.5.